The minimum absolute atomic E-state index is 0.178. The molecule has 3 aliphatic rings. The van der Waals surface area contributed by atoms with Crippen molar-refractivity contribution in [2.24, 2.45) is 4.99 Å². The molecular weight excluding hydrogens is 361 g/mol. The number of anilines is 1. The zero-order valence-electron chi connectivity index (χ0n) is 16.3. The number of halogens is 1. The van der Waals surface area contributed by atoms with Crippen LogP contribution in [0.15, 0.2) is 52.8 Å². The molecule has 3 amide bonds. The molecule has 2 unspecified atom stereocenters. The van der Waals surface area contributed by atoms with Gasteiger partial charge in [0, 0.05) is 24.1 Å². The van der Waals surface area contributed by atoms with Gasteiger partial charge in [0.25, 0.3) is 5.91 Å². The van der Waals surface area contributed by atoms with Crippen molar-refractivity contribution in [1.29, 1.82) is 0 Å². The molecule has 28 heavy (non-hydrogen) atoms. The maximum absolute atomic E-state index is 13.4. The van der Waals surface area contributed by atoms with Gasteiger partial charge in [-0.2, -0.15) is 0 Å². The Morgan fingerprint density at radius 3 is 2.43 bits per heavy atom. The van der Waals surface area contributed by atoms with E-state index in [0.717, 1.165) is 22.7 Å². The van der Waals surface area contributed by atoms with Crippen LogP contribution in [-0.2, 0) is 4.79 Å². The van der Waals surface area contributed by atoms with Gasteiger partial charge in [0.05, 0.1) is 6.54 Å². The zero-order chi connectivity index (χ0) is 20.3. The average Bonchev–Trinajstić information content (AvgIpc) is 3.14. The third kappa shape index (κ3) is 2.44. The summed E-state index contributed by atoms with van der Waals surface area (Å²) in [6.07, 6.45) is -0.609. The number of hydrogen-bond donors (Lipinski definition) is 0. The number of benzene rings is 1. The van der Waals surface area contributed by atoms with Crippen molar-refractivity contribution >= 4 is 23.6 Å². The Hall–Kier alpha value is -3.16. The first-order valence-corrected chi connectivity index (χ1v) is 9.05. The van der Waals surface area contributed by atoms with Gasteiger partial charge in [-0.1, -0.05) is 12.2 Å². The Labute approximate surface area is 163 Å². The van der Waals surface area contributed by atoms with Crippen LogP contribution in [0.2, 0.25) is 0 Å². The molecule has 2 atom stereocenters. The Morgan fingerprint density at radius 1 is 1.18 bits per heavy atom. The first-order chi connectivity index (χ1) is 13.2. The fourth-order valence-corrected chi connectivity index (χ4v) is 3.93. The molecule has 7 nitrogen and oxygen atoms in total. The lowest BCUT2D eigenvalue weighted by atomic mass is 10.1. The summed E-state index contributed by atoms with van der Waals surface area (Å²) in [4.78, 5) is 37.1. The summed E-state index contributed by atoms with van der Waals surface area (Å²) in [5, 5.41) is 0. The van der Waals surface area contributed by atoms with Crippen LogP contribution in [0.5, 0.6) is 0 Å². The Kier molecular flexibility index (Phi) is 4.02. The summed E-state index contributed by atoms with van der Waals surface area (Å²) < 4.78 is 13.4. The van der Waals surface area contributed by atoms with E-state index in [9.17, 15) is 14.0 Å². The molecular formula is C20H22FN5O2. The molecule has 1 fully saturated rings. The van der Waals surface area contributed by atoms with Crippen molar-refractivity contribution < 1.29 is 14.0 Å². The predicted molar refractivity (Wildman–Crippen MR) is 104 cm³/mol. The number of rotatable bonds is 3. The fourth-order valence-electron chi connectivity index (χ4n) is 3.93. The SMILES string of the molecule is C=C(C)CN1C(=O)C2C(N=C3N(c4ccc(F)cc4)C(C)=C(C)N32)N(C)C1=O. The molecule has 0 spiro atoms. The maximum Gasteiger partial charge on any atom is 0.328 e. The topological polar surface area (TPSA) is 59.5 Å². The van der Waals surface area contributed by atoms with Crippen LogP contribution >= 0.6 is 0 Å². The second-order valence-electron chi connectivity index (χ2n) is 7.42. The van der Waals surface area contributed by atoms with Gasteiger partial charge in [-0.15, -0.1) is 0 Å². The number of carbonyl (C=O) groups is 2. The quantitative estimate of drug-likeness (QED) is 0.753. The number of carbonyl (C=O) groups excluding carboxylic acids is 2. The van der Waals surface area contributed by atoms with E-state index in [2.05, 4.69) is 6.58 Å². The van der Waals surface area contributed by atoms with Gasteiger partial charge < -0.3 is 4.90 Å². The molecule has 0 N–H and O–H groups in total. The Morgan fingerprint density at radius 2 is 1.82 bits per heavy atom. The number of amides is 3. The van der Waals surface area contributed by atoms with E-state index in [1.165, 1.54) is 21.9 Å². The van der Waals surface area contributed by atoms with Gasteiger partial charge in [0.2, 0.25) is 5.96 Å². The smallest absolute Gasteiger partial charge is 0.302 e. The minimum Gasteiger partial charge on any atom is -0.302 e. The lowest BCUT2D eigenvalue weighted by molar-refractivity contribution is -0.136. The molecule has 4 rings (SSSR count). The lowest BCUT2D eigenvalue weighted by Crippen LogP contribution is -2.64. The van der Waals surface area contributed by atoms with E-state index in [0.29, 0.717) is 5.96 Å². The average molecular weight is 383 g/mol. The summed E-state index contributed by atoms with van der Waals surface area (Å²) in [6.45, 7) is 9.64. The highest BCUT2D eigenvalue weighted by Crippen LogP contribution is 2.39. The summed E-state index contributed by atoms with van der Waals surface area (Å²) in [7, 11) is 1.65. The third-order valence-electron chi connectivity index (χ3n) is 5.41. The minimum atomic E-state index is -0.627. The third-order valence-corrected chi connectivity index (χ3v) is 5.41. The van der Waals surface area contributed by atoms with E-state index in [-0.39, 0.29) is 24.3 Å². The fraction of sp³-hybridized carbons (Fsp3) is 0.350. The molecule has 0 aromatic heterocycles. The molecule has 1 aromatic carbocycles. The summed E-state index contributed by atoms with van der Waals surface area (Å²) in [5.74, 6) is -0.0409. The molecule has 0 aliphatic carbocycles. The lowest BCUT2D eigenvalue weighted by Gasteiger charge is -2.40. The molecule has 0 radical (unpaired) electrons. The highest BCUT2D eigenvalue weighted by Gasteiger charge is 2.55. The standard InChI is InChI=1S/C20H22FN5O2/c1-11(2)10-24-18(27)16-17(23(5)20(24)28)22-19-25(12(3)13(4)26(16)19)15-8-6-14(21)7-9-15/h6-9,16-17H,1,10H2,2-5H3. The molecule has 0 bridgehead atoms. The van der Waals surface area contributed by atoms with Crippen molar-refractivity contribution in [3.05, 3.63) is 53.6 Å². The summed E-state index contributed by atoms with van der Waals surface area (Å²) >= 11 is 0. The molecule has 3 aliphatic heterocycles. The molecule has 3 heterocycles. The van der Waals surface area contributed by atoms with Crippen molar-refractivity contribution in [2.45, 2.75) is 33.0 Å². The Balaban J connectivity index is 1.76. The van der Waals surface area contributed by atoms with Crippen LogP contribution in [-0.4, -0.2) is 58.4 Å². The van der Waals surface area contributed by atoms with E-state index in [4.69, 9.17) is 4.99 Å². The number of aliphatic imine (C=N–C) groups is 1. The number of nitrogens with zero attached hydrogens (tertiary/aromatic N) is 5. The van der Waals surface area contributed by atoms with Gasteiger partial charge in [-0.05, 0) is 45.0 Å². The van der Waals surface area contributed by atoms with Crippen LogP contribution in [0.4, 0.5) is 14.9 Å². The predicted octanol–water partition coefficient (Wildman–Crippen LogP) is 2.73. The van der Waals surface area contributed by atoms with Gasteiger partial charge >= 0.3 is 6.03 Å². The summed E-state index contributed by atoms with van der Waals surface area (Å²) in [5.41, 5.74) is 3.26. The molecule has 8 heteroatoms. The van der Waals surface area contributed by atoms with Crippen LogP contribution in [0.1, 0.15) is 20.8 Å². The normalized spacial score (nSPS) is 24.1. The van der Waals surface area contributed by atoms with Crippen molar-refractivity contribution in [3.8, 4) is 0 Å². The van der Waals surface area contributed by atoms with Crippen LogP contribution in [0, 0.1) is 5.82 Å². The van der Waals surface area contributed by atoms with Crippen LogP contribution in [0.25, 0.3) is 0 Å². The van der Waals surface area contributed by atoms with Gasteiger partial charge in [-0.25, -0.2) is 14.2 Å². The molecule has 146 valence electrons. The first kappa shape index (κ1) is 18.2. The first-order valence-electron chi connectivity index (χ1n) is 9.05. The van der Waals surface area contributed by atoms with E-state index >= 15 is 0 Å². The number of likely N-dealkylation sites (N-methyl/N-ethyl adjacent to an activating group) is 1. The van der Waals surface area contributed by atoms with Gasteiger partial charge in [0.15, 0.2) is 12.2 Å². The highest BCUT2D eigenvalue weighted by atomic mass is 19.1. The number of fused-ring (bicyclic) bond motifs is 3. The van der Waals surface area contributed by atoms with E-state index < -0.39 is 12.2 Å². The van der Waals surface area contributed by atoms with Crippen LogP contribution < -0.4 is 4.90 Å². The monoisotopic (exact) mass is 383 g/mol. The van der Waals surface area contributed by atoms with Crippen molar-refractivity contribution in [2.75, 3.05) is 18.5 Å². The second-order valence-corrected chi connectivity index (χ2v) is 7.42. The zero-order valence-corrected chi connectivity index (χ0v) is 16.3. The van der Waals surface area contributed by atoms with E-state index in [1.807, 2.05) is 23.6 Å². The van der Waals surface area contributed by atoms with Gasteiger partial charge in [0.1, 0.15) is 5.82 Å². The van der Waals surface area contributed by atoms with Gasteiger partial charge in [-0.3, -0.25) is 19.5 Å². The number of imide groups is 1. The Bertz CT molecular complexity index is 952. The summed E-state index contributed by atoms with van der Waals surface area (Å²) in [6, 6.07) is 5.11. The number of allylic oxidation sites excluding steroid dienone is 2. The largest absolute Gasteiger partial charge is 0.328 e. The number of guanidine groups is 1. The molecule has 1 aromatic rings. The highest BCUT2D eigenvalue weighted by molar-refractivity contribution is 6.10. The van der Waals surface area contributed by atoms with Crippen molar-refractivity contribution in [1.82, 2.24) is 14.7 Å². The number of hydrogen-bond acceptors (Lipinski definition) is 5. The van der Waals surface area contributed by atoms with E-state index in [1.54, 1.807) is 26.1 Å². The molecule has 1 saturated heterocycles. The van der Waals surface area contributed by atoms with Crippen LogP contribution in [0.3, 0.4) is 0 Å². The number of urea groups is 1. The molecule has 0 saturated carbocycles. The maximum atomic E-state index is 13.4. The van der Waals surface area contributed by atoms with Crippen molar-refractivity contribution in [3.63, 3.8) is 0 Å². The second kappa shape index (κ2) is 6.19.